The predicted octanol–water partition coefficient (Wildman–Crippen LogP) is 2.44. The summed E-state index contributed by atoms with van der Waals surface area (Å²) in [6, 6.07) is 6.27. The van der Waals surface area contributed by atoms with E-state index in [1.807, 2.05) is 6.07 Å². The first kappa shape index (κ1) is 8.42. The molecule has 0 amide bonds. The summed E-state index contributed by atoms with van der Waals surface area (Å²) in [7, 11) is 0. The molecule has 0 aliphatic carbocycles. The Kier molecular flexibility index (Phi) is 2.39. The second kappa shape index (κ2) is 3.69. The molecule has 1 heterocycles. The number of anilines is 1. The molecule has 2 nitrogen and oxygen atoms in total. The van der Waals surface area contributed by atoms with Crippen LogP contribution in [-0.2, 0) is 6.42 Å². The molecule has 1 N–H and O–H groups in total. The van der Waals surface area contributed by atoms with Gasteiger partial charge < -0.3 is 10.1 Å². The van der Waals surface area contributed by atoms with E-state index in [1.165, 1.54) is 17.7 Å². The molecule has 1 aliphatic rings. The Balaban J connectivity index is 2.34. The van der Waals surface area contributed by atoms with Crippen molar-refractivity contribution < 1.29 is 4.74 Å². The Hall–Kier alpha value is -1.18. The highest BCUT2D eigenvalue weighted by atomic mass is 16.5. The number of hydrogen-bond donors (Lipinski definition) is 1. The molecule has 1 aliphatic heterocycles. The molecule has 0 saturated heterocycles. The maximum atomic E-state index is 5.55. The summed E-state index contributed by atoms with van der Waals surface area (Å²) in [4.78, 5) is 0. The van der Waals surface area contributed by atoms with Crippen LogP contribution in [0.1, 0.15) is 18.9 Å². The van der Waals surface area contributed by atoms with E-state index in [2.05, 4.69) is 24.4 Å². The summed E-state index contributed by atoms with van der Waals surface area (Å²) in [5.74, 6) is 1.01. The third-order valence-electron chi connectivity index (χ3n) is 2.29. The van der Waals surface area contributed by atoms with Crippen LogP contribution in [-0.4, -0.2) is 13.2 Å². The van der Waals surface area contributed by atoms with Crippen molar-refractivity contribution in [1.82, 2.24) is 0 Å². The lowest BCUT2D eigenvalue weighted by molar-refractivity contribution is 0.323. The van der Waals surface area contributed by atoms with Crippen LogP contribution in [0.25, 0.3) is 0 Å². The molecule has 0 radical (unpaired) electrons. The Morgan fingerprint density at radius 1 is 1.46 bits per heavy atom. The van der Waals surface area contributed by atoms with Gasteiger partial charge in [-0.3, -0.25) is 0 Å². The fourth-order valence-corrected chi connectivity index (χ4v) is 1.71. The summed E-state index contributed by atoms with van der Waals surface area (Å²) in [6.45, 7) is 3.90. The van der Waals surface area contributed by atoms with Crippen LogP contribution in [0.4, 0.5) is 5.69 Å². The lowest BCUT2D eigenvalue weighted by atomic mass is 10.1. The molecule has 0 fully saturated rings. The first-order valence-electron chi connectivity index (χ1n) is 4.90. The van der Waals surface area contributed by atoms with Crippen molar-refractivity contribution in [2.75, 3.05) is 18.5 Å². The van der Waals surface area contributed by atoms with Gasteiger partial charge in [0.2, 0.25) is 0 Å². The van der Waals surface area contributed by atoms with Gasteiger partial charge in [0, 0.05) is 6.54 Å². The summed E-state index contributed by atoms with van der Waals surface area (Å²) >= 11 is 0. The van der Waals surface area contributed by atoms with E-state index < -0.39 is 0 Å². The minimum absolute atomic E-state index is 0.780. The van der Waals surface area contributed by atoms with E-state index in [9.17, 15) is 0 Å². The molecule has 0 saturated carbocycles. The van der Waals surface area contributed by atoms with E-state index >= 15 is 0 Å². The Bertz CT molecular complexity index is 296. The molecular weight excluding hydrogens is 162 g/mol. The van der Waals surface area contributed by atoms with Crippen molar-refractivity contribution in [1.29, 1.82) is 0 Å². The van der Waals surface area contributed by atoms with Crippen molar-refractivity contribution in [3.05, 3.63) is 23.8 Å². The van der Waals surface area contributed by atoms with Crippen LogP contribution in [0.3, 0.4) is 0 Å². The van der Waals surface area contributed by atoms with Crippen molar-refractivity contribution in [3.8, 4) is 5.75 Å². The van der Waals surface area contributed by atoms with Gasteiger partial charge in [0.25, 0.3) is 0 Å². The molecular formula is C11H15NO. The molecule has 70 valence electrons. The fraction of sp³-hybridized carbons (Fsp3) is 0.455. The van der Waals surface area contributed by atoms with E-state index in [0.717, 1.165) is 25.3 Å². The smallest absolute Gasteiger partial charge is 0.142 e. The van der Waals surface area contributed by atoms with Gasteiger partial charge in [-0.2, -0.15) is 0 Å². The minimum atomic E-state index is 0.780. The van der Waals surface area contributed by atoms with Gasteiger partial charge in [0.1, 0.15) is 12.4 Å². The molecule has 1 aromatic carbocycles. The molecule has 0 unspecified atom stereocenters. The molecule has 0 spiro atoms. The lowest BCUT2D eigenvalue weighted by Gasteiger charge is -2.21. The molecule has 1 aromatic rings. The second-order valence-electron chi connectivity index (χ2n) is 3.32. The van der Waals surface area contributed by atoms with Gasteiger partial charge in [-0.15, -0.1) is 0 Å². The van der Waals surface area contributed by atoms with Crippen LogP contribution in [0.5, 0.6) is 5.75 Å². The predicted molar refractivity (Wildman–Crippen MR) is 54.4 cm³/mol. The van der Waals surface area contributed by atoms with Crippen LogP contribution in [0.15, 0.2) is 18.2 Å². The standard InChI is InChI=1S/C11H15NO/c1-2-4-9-5-3-6-10-11(9)12-7-8-13-10/h3,5-6,12H,2,4,7-8H2,1H3. The highest BCUT2D eigenvalue weighted by Crippen LogP contribution is 2.31. The monoisotopic (exact) mass is 177 g/mol. The van der Waals surface area contributed by atoms with Gasteiger partial charge >= 0.3 is 0 Å². The summed E-state index contributed by atoms with van der Waals surface area (Å²) in [5, 5.41) is 3.39. The van der Waals surface area contributed by atoms with Crippen LogP contribution >= 0.6 is 0 Å². The van der Waals surface area contributed by atoms with Gasteiger partial charge in [0.15, 0.2) is 0 Å². The average molecular weight is 177 g/mol. The number of rotatable bonds is 2. The van der Waals surface area contributed by atoms with E-state index in [4.69, 9.17) is 4.74 Å². The van der Waals surface area contributed by atoms with Crippen LogP contribution < -0.4 is 10.1 Å². The third-order valence-corrected chi connectivity index (χ3v) is 2.29. The number of ether oxygens (including phenoxy) is 1. The Labute approximate surface area is 78.9 Å². The lowest BCUT2D eigenvalue weighted by Crippen LogP contribution is -2.19. The average Bonchev–Trinajstić information content (AvgIpc) is 2.19. The van der Waals surface area contributed by atoms with Crippen molar-refractivity contribution in [2.24, 2.45) is 0 Å². The number of hydrogen-bond acceptors (Lipinski definition) is 2. The van der Waals surface area contributed by atoms with E-state index in [0.29, 0.717) is 0 Å². The maximum Gasteiger partial charge on any atom is 0.142 e. The molecule has 0 bridgehead atoms. The van der Waals surface area contributed by atoms with E-state index in [1.54, 1.807) is 0 Å². The normalized spacial score (nSPS) is 14.2. The summed E-state index contributed by atoms with van der Waals surface area (Å²) in [5.41, 5.74) is 2.58. The Morgan fingerprint density at radius 2 is 2.38 bits per heavy atom. The van der Waals surface area contributed by atoms with Gasteiger partial charge in [0.05, 0.1) is 5.69 Å². The number of benzene rings is 1. The second-order valence-corrected chi connectivity index (χ2v) is 3.32. The molecule has 0 aromatic heterocycles. The molecule has 2 rings (SSSR count). The topological polar surface area (TPSA) is 21.3 Å². The van der Waals surface area contributed by atoms with Crippen LogP contribution in [0, 0.1) is 0 Å². The third kappa shape index (κ3) is 1.62. The summed E-state index contributed by atoms with van der Waals surface area (Å²) in [6.07, 6.45) is 2.30. The van der Waals surface area contributed by atoms with Gasteiger partial charge in [-0.05, 0) is 18.1 Å². The van der Waals surface area contributed by atoms with Crippen molar-refractivity contribution >= 4 is 5.69 Å². The quantitative estimate of drug-likeness (QED) is 0.749. The molecule has 13 heavy (non-hydrogen) atoms. The zero-order valence-electron chi connectivity index (χ0n) is 7.97. The minimum Gasteiger partial charge on any atom is -0.490 e. The molecule has 0 atom stereocenters. The summed E-state index contributed by atoms with van der Waals surface area (Å²) < 4.78 is 5.55. The fourth-order valence-electron chi connectivity index (χ4n) is 1.71. The van der Waals surface area contributed by atoms with E-state index in [-0.39, 0.29) is 0 Å². The highest BCUT2D eigenvalue weighted by Gasteiger charge is 2.11. The SMILES string of the molecule is CCCc1cccc2c1NCCO2. The maximum absolute atomic E-state index is 5.55. The van der Waals surface area contributed by atoms with Crippen molar-refractivity contribution in [3.63, 3.8) is 0 Å². The first-order chi connectivity index (χ1) is 6.42. The number of aryl methyl sites for hydroxylation is 1. The Morgan fingerprint density at radius 3 is 3.23 bits per heavy atom. The number of para-hydroxylation sites is 1. The molecule has 2 heteroatoms. The van der Waals surface area contributed by atoms with Crippen molar-refractivity contribution in [2.45, 2.75) is 19.8 Å². The zero-order valence-corrected chi connectivity index (χ0v) is 7.97. The highest BCUT2D eigenvalue weighted by molar-refractivity contribution is 5.63. The largest absolute Gasteiger partial charge is 0.490 e. The number of nitrogens with one attached hydrogen (secondary N) is 1. The number of fused-ring (bicyclic) bond motifs is 1. The van der Waals surface area contributed by atoms with Gasteiger partial charge in [-0.1, -0.05) is 25.5 Å². The van der Waals surface area contributed by atoms with Gasteiger partial charge in [-0.25, -0.2) is 0 Å². The van der Waals surface area contributed by atoms with Crippen LogP contribution in [0.2, 0.25) is 0 Å². The zero-order chi connectivity index (χ0) is 9.10. The first-order valence-corrected chi connectivity index (χ1v) is 4.90.